The molecule has 3 aromatic rings. The van der Waals surface area contributed by atoms with Crippen LogP contribution in [0.3, 0.4) is 0 Å². The Labute approximate surface area is 176 Å². The first kappa shape index (κ1) is 20.4. The summed E-state index contributed by atoms with van der Waals surface area (Å²) in [5.41, 5.74) is 1.67. The normalized spacial score (nSPS) is 15.1. The molecule has 158 valence electrons. The Kier molecular flexibility index (Phi) is 6.04. The predicted octanol–water partition coefficient (Wildman–Crippen LogP) is 2.15. The molecule has 1 aliphatic heterocycles. The van der Waals surface area contributed by atoms with Crippen LogP contribution in [0.25, 0.3) is 21.7 Å². The molecular formula is C24H30N3O3+. The molecule has 0 unspecified atom stereocenters. The summed E-state index contributed by atoms with van der Waals surface area (Å²) in [4.78, 5) is 28.3. The van der Waals surface area contributed by atoms with Crippen molar-refractivity contribution in [2.24, 2.45) is 0 Å². The lowest BCUT2D eigenvalue weighted by Gasteiger charge is -2.31. The average molecular weight is 409 g/mol. The molecule has 1 aliphatic rings. The average Bonchev–Trinajstić information content (AvgIpc) is 3.11. The number of aryl methyl sites for hydroxylation is 1. The molecule has 6 heteroatoms. The monoisotopic (exact) mass is 408 g/mol. The molecule has 0 atom stereocenters. The Hall–Kier alpha value is -2.86. The molecule has 0 aliphatic carbocycles. The van der Waals surface area contributed by atoms with E-state index in [0.29, 0.717) is 25.4 Å². The summed E-state index contributed by atoms with van der Waals surface area (Å²) in [6, 6.07) is 12.2. The van der Waals surface area contributed by atoms with Crippen molar-refractivity contribution in [1.82, 2.24) is 10.2 Å². The second kappa shape index (κ2) is 8.88. The van der Waals surface area contributed by atoms with Gasteiger partial charge in [0, 0.05) is 22.9 Å². The minimum atomic E-state index is -0.0563. The maximum Gasteiger partial charge on any atom is 0.290 e. The van der Waals surface area contributed by atoms with Crippen molar-refractivity contribution >= 4 is 33.6 Å². The third kappa shape index (κ3) is 4.05. The zero-order chi connectivity index (χ0) is 21.1. The van der Waals surface area contributed by atoms with E-state index in [1.165, 1.54) is 4.90 Å². The molecule has 1 aromatic heterocycles. The second-order valence-electron chi connectivity index (χ2n) is 8.14. The number of quaternary nitrogens is 1. The zero-order valence-corrected chi connectivity index (χ0v) is 17.8. The van der Waals surface area contributed by atoms with Crippen LogP contribution < -0.4 is 10.2 Å². The van der Waals surface area contributed by atoms with Crippen LogP contribution in [0.5, 0.6) is 0 Å². The minimum Gasteiger partial charge on any atom is -0.450 e. The fourth-order valence-electron chi connectivity index (χ4n) is 4.19. The van der Waals surface area contributed by atoms with Gasteiger partial charge in [-0.15, -0.1) is 0 Å². The molecule has 2 aromatic carbocycles. The number of carbonyl (C=O) groups excluding carboxylic acids is 2. The van der Waals surface area contributed by atoms with Gasteiger partial charge in [-0.1, -0.05) is 49.7 Å². The van der Waals surface area contributed by atoms with Crippen molar-refractivity contribution in [3.8, 4) is 0 Å². The van der Waals surface area contributed by atoms with Gasteiger partial charge in [-0.05, 0) is 18.7 Å². The van der Waals surface area contributed by atoms with Gasteiger partial charge in [0.1, 0.15) is 5.58 Å². The summed E-state index contributed by atoms with van der Waals surface area (Å²) >= 11 is 0. The van der Waals surface area contributed by atoms with Gasteiger partial charge < -0.3 is 19.5 Å². The number of benzene rings is 2. The number of carbonyl (C=O) groups is 2. The lowest BCUT2D eigenvalue weighted by atomic mass is 10.1. The van der Waals surface area contributed by atoms with E-state index in [1.54, 1.807) is 0 Å². The highest BCUT2D eigenvalue weighted by atomic mass is 16.3. The number of hydrogen-bond acceptors (Lipinski definition) is 3. The SMILES string of the molecule is CCCCNC(=O)C[NH+]1CCN(C(=O)c2oc3c(ccc4ccccc43)c2C)CC1. The van der Waals surface area contributed by atoms with Crippen LogP contribution in [0.15, 0.2) is 40.8 Å². The Bertz CT molecular complexity index is 1060. The highest BCUT2D eigenvalue weighted by molar-refractivity contribution is 6.08. The number of nitrogens with one attached hydrogen (secondary N) is 2. The number of piperazine rings is 1. The Morgan fingerprint density at radius 3 is 2.63 bits per heavy atom. The number of furan rings is 1. The Morgan fingerprint density at radius 1 is 1.10 bits per heavy atom. The number of hydrogen-bond donors (Lipinski definition) is 2. The van der Waals surface area contributed by atoms with Gasteiger partial charge in [0.2, 0.25) is 0 Å². The van der Waals surface area contributed by atoms with Gasteiger partial charge in [0.25, 0.3) is 11.8 Å². The molecule has 6 nitrogen and oxygen atoms in total. The number of amides is 2. The Balaban J connectivity index is 1.43. The molecule has 30 heavy (non-hydrogen) atoms. The molecule has 4 rings (SSSR count). The number of nitrogens with zero attached hydrogens (tertiary/aromatic N) is 1. The maximum atomic E-state index is 13.2. The van der Waals surface area contributed by atoms with Crippen LogP contribution in [-0.2, 0) is 4.79 Å². The van der Waals surface area contributed by atoms with Gasteiger partial charge in [-0.25, -0.2) is 0 Å². The molecule has 0 radical (unpaired) electrons. The Morgan fingerprint density at radius 2 is 1.87 bits per heavy atom. The van der Waals surface area contributed by atoms with Gasteiger partial charge >= 0.3 is 0 Å². The molecule has 0 bridgehead atoms. The molecular weight excluding hydrogens is 378 g/mol. The van der Waals surface area contributed by atoms with Crippen molar-refractivity contribution in [3.63, 3.8) is 0 Å². The number of fused-ring (bicyclic) bond motifs is 3. The first-order valence-corrected chi connectivity index (χ1v) is 10.9. The van der Waals surface area contributed by atoms with Crippen LogP contribution >= 0.6 is 0 Å². The van der Waals surface area contributed by atoms with E-state index in [1.807, 2.05) is 36.1 Å². The molecule has 1 fully saturated rings. The van der Waals surface area contributed by atoms with Crippen molar-refractivity contribution in [1.29, 1.82) is 0 Å². The van der Waals surface area contributed by atoms with E-state index in [2.05, 4.69) is 24.4 Å². The van der Waals surface area contributed by atoms with E-state index < -0.39 is 0 Å². The molecule has 2 N–H and O–H groups in total. The zero-order valence-electron chi connectivity index (χ0n) is 17.8. The van der Waals surface area contributed by atoms with Gasteiger partial charge in [0.05, 0.1) is 26.2 Å². The first-order chi connectivity index (χ1) is 14.6. The summed E-state index contributed by atoms with van der Waals surface area (Å²) in [5.74, 6) is 0.472. The van der Waals surface area contributed by atoms with Crippen molar-refractivity contribution in [2.75, 3.05) is 39.3 Å². The summed E-state index contributed by atoms with van der Waals surface area (Å²) in [6.07, 6.45) is 2.08. The standard InChI is InChI=1S/C24H29N3O3/c1-3-4-11-25-21(28)16-26-12-14-27(15-13-26)24(29)22-17(2)19-10-9-18-7-5-6-8-20(18)23(19)30-22/h5-10H,3-4,11-16H2,1-2H3,(H,25,28)/p+1. The van der Waals surface area contributed by atoms with Crippen LogP contribution in [0.1, 0.15) is 35.9 Å². The summed E-state index contributed by atoms with van der Waals surface area (Å²) in [6.45, 7) is 8.09. The van der Waals surface area contributed by atoms with Crippen molar-refractivity contribution in [2.45, 2.75) is 26.7 Å². The molecule has 0 saturated carbocycles. The van der Waals surface area contributed by atoms with Crippen molar-refractivity contribution in [3.05, 3.63) is 47.7 Å². The predicted molar refractivity (Wildman–Crippen MR) is 118 cm³/mol. The third-order valence-electron chi connectivity index (χ3n) is 6.04. The second-order valence-corrected chi connectivity index (χ2v) is 8.14. The van der Waals surface area contributed by atoms with Gasteiger partial charge in [0.15, 0.2) is 12.3 Å². The summed E-state index contributed by atoms with van der Waals surface area (Å²) in [7, 11) is 0. The fraction of sp³-hybridized carbons (Fsp3) is 0.417. The van der Waals surface area contributed by atoms with E-state index in [9.17, 15) is 9.59 Å². The van der Waals surface area contributed by atoms with Gasteiger partial charge in [-0.2, -0.15) is 0 Å². The minimum absolute atomic E-state index is 0.0563. The lowest BCUT2D eigenvalue weighted by molar-refractivity contribution is -0.896. The van der Waals surface area contributed by atoms with Crippen LogP contribution in [0.4, 0.5) is 0 Å². The van der Waals surface area contributed by atoms with Gasteiger partial charge in [-0.3, -0.25) is 9.59 Å². The van der Waals surface area contributed by atoms with Crippen LogP contribution in [0, 0.1) is 6.92 Å². The quantitative estimate of drug-likeness (QED) is 0.614. The highest BCUT2D eigenvalue weighted by Gasteiger charge is 2.29. The highest BCUT2D eigenvalue weighted by Crippen LogP contribution is 2.32. The first-order valence-electron chi connectivity index (χ1n) is 10.9. The number of rotatable bonds is 6. The summed E-state index contributed by atoms with van der Waals surface area (Å²) < 4.78 is 6.11. The fourth-order valence-corrected chi connectivity index (χ4v) is 4.19. The van der Waals surface area contributed by atoms with E-state index in [-0.39, 0.29) is 11.8 Å². The van der Waals surface area contributed by atoms with E-state index >= 15 is 0 Å². The lowest BCUT2D eigenvalue weighted by Crippen LogP contribution is -3.15. The van der Waals surface area contributed by atoms with Crippen molar-refractivity contribution < 1.29 is 18.9 Å². The number of unbranched alkanes of at least 4 members (excludes halogenated alkanes) is 1. The van der Waals surface area contributed by atoms with Crippen LogP contribution in [-0.4, -0.2) is 56.0 Å². The van der Waals surface area contributed by atoms with E-state index in [4.69, 9.17) is 4.42 Å². The topological polar surface area (TPSA) is 67.0 Å². The smallest absolute Gasteiger partial charge is 0.290 e. The molecule has 0 spiro atoms. The third-order valence-corrected chi connectivity index (χ3v) is 6.04. The summed E-state index contributed by atoms with van der Waals surface area (Å²) in [5, 5.41) is 6.10. The van der Waals surface area contributed by atoms with E-state index in [0.717, 1.165) is 59.8 Å². The molecule has 1 saturated heterocycles. The molecule has 2 heterocycles. The maximum absolute atomic E-state index is 13.2. The largest absolute Gasteiger partial charge is 0.450 e. The molecule has 2 amide bonds. The van der Waals surface area contributed by atoms with Crippen LogP contribution in [0.2, 0.25) is 0 Å².